The maximum atomic E-state index is 5.15. The fourth-order valence-electron chi connectivity index (χ4n) is 8.93. The second-order valence-electron chi connectivity index (χ2n) is 15.6. The molecule has 0 aliphatic rings. The lowest BCUT2D eigenvalue weighted by Crippen LogP contribution is -1.98. The third-order valence-corrected chi connectivity index (χ3v) is 13.0. The molecule has 0 spiro atoms. The predicted molar refractivity (Wildman–Crippen MR) is 260 cm³/mol. The van der Waals surface area contributed by atoms with Gasteiger partial charge in [0.25, 0.3) is 0 Å². The molecule has 0 amide bonds. The molecule has 0 radical (unpaired) electrons. The maximum Gasteiger partial charge on any atom is 0.160 e. The van der Waals surface area contributed by atoms with E-state index in [1.165, 1.54) is 53.2 Å². The van der Waals surface area contributed by atoms with E-state index in [0.29, 0.717) is 5.82 Å². The van der Waals surface area contributed by atoms with Crippen LogP contribution in [0.5, 0.6) is 0 Å². The topological polar surface area (TPSA) is 43.6 Å². The molecule has 0 saturated carbocycles. The molecule has 8 aromatic carbocycles. The zero-order valence-electron chi connectivity index (χ0n) is 33.5. The van der Waals surface area contributed by atoms with Crippen LogP contribution in [0.2, 0.25) is 0 Å². The average Bonchev–Trinajstić information content (AvgIpc) is 3.90. The van der Waals surface area contributed by atoms with Gasteiger partial charge in [0.05, 0.1) is 28.1 Å². The van der Waals surface area contributed by atoms with E-state index in [1.54, 1.807) is 0 Å². The number of rotatable bonds is 7. The molecule has 0 bridgehead atoms. The van der Waals surface area contributed by atoms with E-state index in [1.807, 2.05) is 35.7 Å². The van der Waals surface area contributed by atoms with Crippen molar-refractivity contribution in [2.24, 2.45) is 0 Å². The van der Waals surface area contributed by atoms with E-state index in [0.717, 1.165) is 56.1 Å². The van der Waals surface area contributed by atoms with Gasteiger partial charge in [-0.15, -0.1) is 11.3 Å². The lowest BCUT2D eigenvalue weighted by molar-refractivity contribution is 1.16. The van der Waals surface area contributed by atoms with Gasteiger partial charge in [-0.3, -0.25) is 4.98 Å². The minimum absolute atomic E-state index is 0.682. The summed E-state index contributed by atoms with van der Waals surface area (Å²) in [6, 6.07) is 75.3. The number of pyridine rings is 1. The van der Waals surface area contributed by atoms with Gasteiger partial charge >= 0.3 is 0 Å². The molecule has 4 heterocycles. The first-order chi connectivity index (χ1) is 30.7. The quantitative estimate of drug-likeness (QED) is 0.161. The molecule has 4 aromatic heterocycles. The number of benzene rings is 8. The van der Waals surface area contributed by atoms with Gasteiger partial charge < -0.3 is 4.57 Å². The van der Waals surface area contributed by atoms with Crippen molar-refractivity contribution in [3.05, 3.63) is 219 Å². The normalized spacial score (nSPS) is 11.5. The molecule has 0 aliphatic heterocycles. The highest BCUT2D eigenvalue weighted by Crippen LogP contribution is 2.48. The molecule has 0 unspecified atom stereocenters. The van der Waals surface area contributed by atoms with Crippen molar-refractivity contribution < 1.29 is 0 Å². The summed E-state index contributed by atoms with van der Waals surface area (Å²) in [5.74, 6) is 0.682. The third-order valence-electron chi connectivity index (χ3n) is 11.9. The Balaban J connectivity index is 1.13. The Hall–Kier alpha value is -7.99. The summed E-state index contributed by atoms with van der Waals surface area (Å²) >= 11 is 1.85. The molecular formula is C57H36N4S. The van der Waals surface area contributed by atoms with Crippen LogP contribution in [-0.2, 0) is 0 Å². The molecule has 0 aliphatic carbocycles. The summed E-state index contributed by atoms with van der Waals surface area (Å²) in [6.45, 7) is 0. The van der Waals surface area contributed by atoms with E-state index in [2.05, 4.69) is 199 Å². The van der Waals surface area contributed by atoms with E-state index < -0.39 is 0 Å². The van der Waals surface area contributed by atoms with Crippen molar-refractivity contribution in [2.45, 2.75) is 0 Å². The van der Waals surface area contributed by atoms with Gasteiger partial charge in [-0.25, -0.2) is 9.97 Å². The van der Waals surface area contributed by atoms with Crippen molar-refractivity contribution in [1.82, 2.24) is 19.5 Å². The van der Waals surface area contributed by atoms with Gasteiger partial charge in [0, 0.05) is 65.1 Å². The first kappa shape index (κ1) is 35.9. The van der Waals surface area contributed by atoms with E-state index >= 15 is 0 Å². The third kappa shape index (κ3) is 6.18. The summed E-state index contributed by atoms with van der Waals surface area (Å²) < 4.78 is 4.94. The Morgan fingerprint density at radius 3 is 1.52 bits per heavy atom. The SMILES string of the molecule is c1ccc(-c2ccc3sc4cc(-c5ccccn5)c5c(c6cc(-c7ccccc7)ccc6n5-c5ccc(-c6nc(-c7ccccc7)cc(-c7ccccc7)n6)cc5)c4c3c2)cc1. The average molecular weight is 809 g/mol. The van der Waals surface area contributed by atoms with Crippen LogP contribution in [0.4, 0.5) is 0 Å². The number of hydrogen-bond acceptors (Lipinski definition) is 4. The Morgan fingerprint density at radius 1 is 0.371 bits per heavy atom. The van der Waals surface area contributed by atoms with Gasteiger partial charge in [-0.1, -0.05) is 140 Å². The van der Waals surface area contributed by atoms with Crippen molar-refractivity contribution in [3.8, 4) is 73.1 Å². The highest BCUT2D eigenvalue weighted by Gasteiger charge is 2.24. The standard InChI is InChI=1S/C57H36N4S/c1-5-15-37(16-6-1)42-26-30-51-46(33-42)55-54-47-34-43(38-17-7-2-8-18-38)27-31-52(47)62-53(54)35-45(48-23-13-14-32-58-48)56(55)61(51)44-28-24-41(25-29-44)57-59-49(39-19-9-3-10-20-39)36-50(60-57)40-21-11-4-12-22-40/h1-36H. The van der Waals surface area contributed by atoms with Gasteiger partial charge in [-0.2, -0.15) is 0 Å². The molecule has 62 heavy (non-hydrogen) atoms. The lowest BCUT2D eigenvalue weighted by Gasteiger charge is -2.13. The summed E-state index contributed by atoms with van der Waals surface area (Å²) in [6.07, 6.45) is 1.89. The fraction of sp³-hybridized carbons (Fsp3) is 0. The number of thiophene rings is 1. The highest BCUT2D eigenvalue weighted by molar-refractivity contribution is 7.26. The van der Waals surface area contributed by atoms with Gasteiger partial charge in [0.1, 0.15) is 0 Å². The van der Waals surface area contributed by atoms with E-state index in [9.17, 15) is 0 Å². The van der Waals surface area contributed by atoms with Crippen molar-refractivity contribution in [1.29, 1.82) is 0 Å². The molecule has 0 atom stereocenters. The maximum absolute atomic E-state index is 5.15. The van der Waals surface area contributed by atoms with Crippen molar-refractivity contribution >= 4 is 53.3 Å². The van der Waals surface area contributed by atoms with Gasteiger partial charge in [-0.05, 0) is 95.1 Å². The Bertz CT molecular complexity index is 3520. The molecule has 290 valence electrons. The van der Waals surface area contributed by atoms with Crippen LogP contribution in [0, 0.1) is 0 Å². The molecule has 0 saturated heterocycles. The largest absolute Gasteiger partial charge is 0.309 e. The summed E-state index contributed by atoms with van der Waals surface area (Å²) in [7, 11) is 0. The lowest BCUT2D eigenvalue weighted by atomic mass is 9.97. The van der Waals surface area contributed by atoms with Crippen LogP contribution in [-0.4, -0.2) is 19.5 Å². The van der Waals surface area contributed by atoms with Gasteiger partial charge in [0.2, 0.25) is 0 Å². The molecule has 0 N–H and O–H groups in total. The highest BCUT2D eigenvalue weighted by atomic mass is 32.1. The summed E-state index contributed by atoms with van der Waals surface area (Å²) in [4.78, 5) is 15.3. The van der Waals surface area contributed by atoms with Crippen molar-refractivity contribution in [2.75, 3.05) is 0 Å². The smallest absolute Gasteiger partial charge is 0.160 e. The first-order valence-electron chi connectivity index (χ1n) is 20.8. The number of nitrogens with zero attached hydrogens (tertiary/aromatic N) is 4. The molecular weight excluding hydrogens is 773 g/mol. The summed E-state index contributed by atoms with van der Waals surface area (Å²) in [5.41, 5.74) is 14.9. The van der Waals surface area contributed by atoms with Gasteiger partial charge in [0.15, 0.2) is 5.82 Å². The molecule has 5 heteroatoms. The zero-order chi connectivity index (χ0) is 41.0. The van der Waals surface area contributed by atoms with Crippen LogP contribution >= 0.6 is 11.3 Å². The monoisotopic (exact) mass is 808 g/mol. The fourth-order valence-corrected chi connectivity index (χ4v) is 10.1. The van der Waals surface area contributed by atoms with Crippen LogP contribution in [0.15, 0.2) is 219 Å². The zero-order valence-corrected chi connectivity index (χ0v) is 34.3. The molecule has 12 rings (SSSR count). The number of fused-ring (bicyclic) bond motifs is 7. The van der Waals surface area contributed by atoms with E-state index in [-0.39, 0.29) is 0 Å². The predicted octanol–water partition coefficient (Wildman–Crippen LogP) is 15.3. The van der Waals surface area contributed by atoms with E-state index in [4.69, 9.17) is 15.0 Å². The van der Waals surface area contributed by atoms with Crippen LogP contribution in [0.1, 0.15) is 0 Å². The minimum atomic E-state index is 0.682. The van der Waals surface area contributed by atoms with Crippen molar-refractivity contribution in [3.63, 3.8) is 0 Å². The molecule has 0 fully saturated rings. The Morgan fingerprint density at radius 2 is 0.919 bits per heavy atom. The Labute approximate surface area is 362 Å². The summed E-state index contributed by atoms with van der Waals surface area (Å²) in [5, 5.41) is 4.95. The number of hydrogen-bond donors (Lipinski definition) is 0. The Kier molecular flexibility index (Phi) is 8.65. The first-order valence-corrected chi connectivity index (χ1v) is 21.7. The second kappa shape index (κ2) is 14.9. The second-order valence-corrected chi connectivity index (χ2v) is 16.7. The van der Waals surface area contributed by atoms with Crippen LogP contribution < -0.4 is 0 Å². The van der Waals surface area contributed by atoms with Crippen LogP contribution in [0.3, 0.4) is 0 Å². The molecule has 4 nitrogen and oxygen atoms in total. The van der Waals surface area contributed by atoms with Crippen LogP contribution in [0.25, 0.3) is 115 Å². The minimum Gasteiger partial charge on any atom is -0.309 e. The molecule has 12 aromatic rings. The number of aromatic nitrogens is 4.